The quantitative estimate of drug-likeness (QED) is 0.587. The van der Waals surface area contributed by atoms with Crippen LogP contribution >= 0.6 is 23.4 Å². The monoisotopic (exact) mass is 380 g/mol. The van der Waals surface area contributed by atoms with Crippen LogP contribution in [-0.2, 0) is 16.0 Å². The maximum atomic E-state index is 13.0. The highest BCUT2D eigenvalue weighted by molar-refractivity contribution is 7.99. The molecule has 25 heavy (non-hydrogen) atoms. The SMILES string of the molecule is O=c1c2ccc(Cl)cc2nc(SC[C@H]2CCCO2)n1C[C@@H]1CCCO1. The smallest absolute Gasteiger partial charge is 0.262 e. The molecular formula is C18H21ClN2O3S. The normalized spacial score (nSPS) is 23.6. The number of fused-ring (bicyclic) bond motifs is 1. The second-order valence-electron chi connectivity index (χ2n) is 6.55. The molecule has 0 unspecified atom stereocenters. The third-order valence-electron chi connectivity index (χ3n) is 4.71. The number of halogens is 1. The average Bonchev–Trinajstić information content (AvgIpc) is 3.29. The van der Waals surface area contributed by atoms with Crippen LogP contribution in [0.4, 0.5) is 0 Å². The zero-order chi connectivity index (χ0) is 17.2. The lowest BCUT2D eigenvalue weighted by molar-refractivity contribution is 0.0937. The Morgan fingerprint density at radius 3 is 2.68 bits per heavy atom. The van der Waals surface area contributed by atoms with E-state index < -0.39 is 0 Å². The molecule has 0 bridgehead atoms. The number of aromatic nitrogens is 2. The number of rotatable bonds is 5. The van der Waals surface area contributed by atoms with Crippen molar-refractivity contribution in [3.63, 3.8) is 0 Å². The number of hydrogen-bond donors (Lipinski definition) is 0. The van der Waals surface area contributed by atoms with Gasteiger partial charge in [0.2, 0.25) is 0 Å². The van der Waals surface area contributed by atoms with E-state index in [0.29, 0.717) is 22.5 Å². The van der Waals surface area contributed by atoms with E-state index in [2.05, 4.69) is 0 Å². The summed E-state index contributed by atoms with van der Waals surface area (Å²) in [6.07, 6.45) is 4.55. The van der Waals surface area contributed by atoms with Crippen LogP contribution in [0.1, 0.15) is 25.7 Å². The van der Waals surface area contributed by atoms with Gasteiger partial charge in [0.25, 0.3) is 5.56 Å². The Labute approximate surface area is 155 Å². The van der Waals surface area contributed by atoms with Gasteiger partial charge in [-0.15, -0.1) is 0 Å². The zero-order valence-electron chi connectivity index (χ0n) is 13.9. The van der Waals surface area contributed by atoms with Crippen LogP contribution in [0.15, 0.2) is 28.2 Å². The van der Waals surface area contributed by atoms with Gasteiger partial charge in [0.05, 0.1) is 29.7 Å². The third-order valence-corrected chi connectivity index (χ3v) is 6.06. The molecule has 0 saturated carbocycles. The van der Waals surface area contributed by atoms with Crippen LogP contribution < -0.4 is 5.56 Å². The standard InChI is InChI=1S/C18H21ClN2O3S/c19-12-5-6-15-16(9-12)20-18(25-11-14-4-2-8-24-14)21(17(15)22)10-13-3-1-7-23-13/h5-6,9,13-14H,1-4,7-8,10-11H2/t13-,14+/m0/s1. The zero-order valence-corrected chi connectivity index (χ0v) is 15.5. The molecule has 2 fully saturated rings. The molecule has 0 radical (unpaired) electrons. The molecule has 134 valence electrons. The summed E-state index contributed by atoms with van der Waals surface area (Å²) in [4.78, 5) is 17.8. The van der Waals surface area contributed by atoms with E-state index in [-0.39, 0.29) is 17.8 Å². The number of ether oxygens (including phenoxy) is 2. The molecule has 2 saturated heterocycles. The predicted molar refractivity (Wildman–Crippen MR) is 99.7 cm³/mol. The van der Waals surface area contributed by atoms with Crippen LogP contribution in [-0.4, -0.2) is 40.7 Å². The van der Waals surface area contributed by atoms with E-state index >= 15 is 0 Å². The van der Waals surface area contributed by atoms with Crippen LogP contribution in [0.2, 0.25) is 5.02 Å². The molecule has 2 aromatic rings. The summed E-state index contributed by atoms with van der Waals surface area (Å²) in [5.74, 6) is 0.810. The Bertz CT molecular complexity index is 814. The fourth-order valence-corrected chi connectivity index (χ4v) is 4.62. The maximum Gasteiger partial charge on any atom is 0.262 e. The molecule has 0 aliphatic carbocycles. The van der Waals surface area contributed by atoms with E-state index in [4.69, 9.17) is 26.1 Å². The van der Waals surface area contributed by atoms with Crippen molar-refractivity contribution in [2.45, 2.75) is 49.6 Å². The van der Waals surface area contributed by atoms with Gasteiger partial charge in [-0.3, -0.25) is 9.36 Å². The number of thioether (sulfide) groups is 1. The number of hydrogen-bond acceptors (Lipinski definition) is 5. The van der Waals surface area contributed by atoms with Gasteiger partial charge in [0, 0.05) is 24.0 Å². The summed E-state index contributed by atoms with van der Waals surface area (Å²) in [6, 6.07) is 5.25. The van der Waals surface area contributed by atoms with Crippen molar-refractivity contribution in [3.05, 3.63) is 33.6 Å². The topological polar surface area (TPSA) is 53.3 Å². The largest absolute Gasteiger partial charge is 0.377 e. The van der Waals surface area contributed by atoms with Crippen LogP contribution in [0.25, 0.3) is 10.9 Å². The van der Waals surface area contributed by atoms with Gasteiger partial charge in [0.1, 0.15) is 0 Å². The lowest BCUT2D eigenvalue weighted by Gasteiger charge is -2.17. The molecule has 7 heteroatoms. The summed E-state index contributed by atoms with van der Waals surface area (Å²) >= 11 is 7.68. The Balaban J connectivity index is 1.69. The molecule has 2 atom stereocenters. The van der Waals surface area contributed by atoms with Crippen LogP contribution in [0.3, 0.4) is 0 Å². The Hall–Kier alpha value is -1.08. The fourth-order valence-electron chi connectivity index (χ4n) is 3.38. The van der Waals surface area contributed by atoms with E-state index in [1.54, 1.807) is 34.5 Å². The summed E-state index contributed by atoms with van der Waals surface area (Å²) in [6.45, 7) is 2.15. The van der Waals surface area contributed by atoms with Crippen molar-refractivity contribution >= 4 is 34.3 Å². The molecule has 4 rings (SSSR count). The van der Waals surface area contributed by atoms with E-state index in [1.807, 2.05) is 0 Å². The van der Waals surface area contributed by atoms with Crippen molar-refractivity contribution in [3.8, 4) is 0 Å². The second kappa shape index (κ2) is 7.66. The van der Waals surface area contributed by atoms with Crippen molar-refractivity contribution in [1.82, 2.24) is 9.55 Å². The summed E-state index contributed by atoms with van der Waals surface area (Å²) in [7, 11) is 0. The number of nitrogens with zero attached hydrogens (tertiary/aromatic N) is 2. The predicted octanol–water partition coefficient (Wildman–Crippen LogP) is 3.50. The van der Waals surface area contributed by atoms with Gasteiger partial charge < -0.3 is 9.47 Å². The molecule has 1 aromatic heterocycles. The molecule has 3 heterocycles. The first kappa shape index (κ1) is 17.3. The summed E-state index contributed by atoms with van der Waals surface area (Å²) in [5, 5.41) is 1.92. The van der Waals surface area contributed by atoms with Crippen molar-refractivity contribution in [2.75, 3.05) is 19.0 Å². The molecule has 0 amide bonds. The minimum atomic E-state index is -0.0213. The molecule has 5 nitrogen and oxygen atoms in total. The van der Waals surface area contributed by atoms with Gasteiger partial charge in [0.15, 0.2) is 5.16 Å². The van der Waals surface area contributed by atoms with Gasteiger partial charge >= 0.3 is 0 Å². The van der Waals surface area contributed by atoms with E-state index in [1.165, 1.54) is 0 Å². The average molecular weight is 381 g/mol. The number of benzene rings is 1. The first-order valence-electron chi connectivity index (χ1n) is 8.77. The third kappa shape index (κ3) is 3.87. The summed E-state index contributed by atoms with van der Waals surface area (Å²) < 4.78 is 13.2. The van der Waals surface area contributed by atoms with Gasteiger partial charge in [-0.2, -0.15) is 0 Å². The highest BCUT2D eigenvalue weighted by Crippen LogP contribution is 2.25. The minimum Gasteiger partial charge on any atom is -0.377 e. The van der Waals surface area contributed by atoms with Crippen molar-refractivity contribution in [1.29, 1.82) is 0 Å². The van der Waals surface area contributed by atoms with Gasteiger partial charge in [-0.05, 0) is 43.9 Å². The minimum absolute atomic E-state index is 0.0213. The van der Waals surface area contributed by atoms with Crippen molar-refractivity contribution < 1.29 is 9.47 Å². The fraction of sp³-hybridized carbons (Fsp3) is 0.556. The Morgan fingerprint density at radius 1 is 1.20 bits per heavy atom. The van der Waals surface area contributed by atoms with E-state index in [0.717, 1.165) is 49.8 Å². The van der Waals surface area contributed by atoms with E-state index in [9.17, 15) is 4.79 Å². The Morgan fingerprint density at radius 2 is 1.96 bits per heavy atom. The molecule has 0 N–H and O–H groups in total. The van der Waals surface area contributed by atoms with Crippen LogP contribution in [0, 0.1) is 0 Å². The lowest BCUT2D eigenvalue weighted by Crippen LogP contribution is -2.29. The molecule has 2 aliphatic heterocycles. The molecule has 2 aliphatic rings. The van der Waals surface area contributed by atoms with Crippen molar-refractivity contribution in [2.24, 2.45) is 0 Å². The lowest BCUT2D eigenvalue weighted by atomic mass is 10.2. The van der Waals surface area contributed by atoms with Gasteiger partial charge in [-0.1, -0.05) is 23.4 Å². The van der Waals surface area contributed by atoms with Gasteiger partial charge in [-0.25, -0.2) is 4.98 Å². The first-order valence-corrected chi connectivity index (χ1v) is 10.1. The summed E-state index contributed by atoms with van der Waals surface area (Å²) in [5.41, 5.74) is 0.628. The maximum absolute atomic E-state index is 13.0. The molecule has 1 aromatic carbocycles. The molecule has 0 spiro atoms. The van der Waals surface area contributed by atoms with Crippen LogP contribution in [0.5, 0.6) is 0 Å². The second-order valence-corrected chi connectivity index (χ2v) is 7.98. The highest BCUT2D eigenvalue weighted by atomic mass is 35.5. The first-order chi connectivity index (χ1) is 12.2. The Kier molecular flexibility index (Phi) is 5.31. The highest BCUT2D eigenvalue weighted by Gasteiger charge is 2.22. The molecular weight excluding hydrogens is 360 g/mol.